The zero-order valence-corrected chi connectivity index (χ0v) is 17.4. The van der Waals surface area contributed by atoms with E-state index < -0.39 is 5.82 Å². The summed E-state index contributed by atoms with van der Waals surface area (Å²) in [4.78, 5) is 28.0. The Kier molecular flexibility index (Phi) is 5.90. The van der Waals surface area contributed by atoms with Crippen LogP contribution in [0.3, 0.4) is 0 Å². The fraction of sp³-hybridized carbons (Fsp3) is 0.304. The van der Waals surface area contributed by atoms with Gasteiger partial charge in [0.2, 0.25) is 0 Å². The second-order valence-corrected chi connectivity index (χ2v) is 7.88. The van der Waals surface area contributed by atoms with Crippen LogP contribution in [0.15, 0.2) is 42.9 Å². The van der Waals surface area contributed by atoms with Gasteiger partial charge in [0.15, 0.2) is 11.6 Å². The topological polar surface area (TPSA) is 111 Å². The molecule has 0 aromatic carbocycles. The maximum absolute atomic E-state index is 14.5. The van der Waals surface area contributed by atoms with E-state index in [9.17, 15) is 9.18 Å². The molecule has 4 heterocycles. The predicted octanol–water partition coefficient (Wildman–Crippen LogP) is 2.92. The number of nitrogens with two attached hydrogens (primary N) is 2. The lowest BCUT2D eigenvalue weighted by Crippen LogP contribution is -2.43. The van der Waals surface area contributed by atoms with E-state index in [1.54, 1.807) is 37.5 Å². The molecule has 1 saturated heterocycles. The molecule has 4 rings (SSSR count). The van der Waals surface area contributed by atoms with E-state index in [1.807, 2.05) is 6.07 Å². The summed E-state index contributed by atoms with van der Waals surface area (Å²) in [6.45, 7) is 3.27. The molecule has 3 aromatic heterocycles. The van der Waals surface area contributed by atoms with E-state index in [4.69, 9.17) is 11.5 Å². The van der Waals surface area contributed by atoms with Gasteiger partial charge < -0.3 is 16.4 Å². The normalized spacial score (nSPS) is 16.4. The number of piperidine rings is 1. The van der Waals surface area contributed by atoms with Gasteiger partial charge in [0.25, 0.3) is 0 Å². The monoisotopic (exact) mass is 420 g/mol. The third kappa shape index (κ3) is 4.39. The first-order valence-corrected chi connectivity index (χ1v) is 10.3. The summed E-state index contributed by atoms with van der Waals surface area (Å²) in [5.41, 5.74) is 15.1. The number of aryl methyl sites for hydroxylation is 1. The van der Waals surface area contributed by atoms with Crippen molar-refractivity contribution in [1.82, 2.24) is 15.0 Å². The number of halogens is 1. The summed E-state index contributed by atoms with van der Waals surface area (Å²) in [7, 11) is 0. The van der Waals surface area contributed by atoms with Gasteiger partial charge in [-0.05, 0) is 49.6 Å². The van der Waals surface area contributed by atoms with Gasteiger partial charge in [-0.15, -0.1) is 0 Å². The Morgan fingerprint density at radius 3 is 2.90 bits per heavy atom. The fourth-order valence-corrected chi connectivity index (χ4v) is 3.89. The molecule has 0 saturated carbocycles. The summed E-state index contributed by atoms with van der Waals surface area (Å²) < 4.78 is 14.5. The Morgan fingerprint density at radius 2 is 2.10 bits per heavy atom. The van der Waals surface area contributed by atoms with Crippen LogP contribution in [0.1, 0.15) is 34.5 Å². The number of ketones is 1. The summed E-state index contributed by atoms with van der Waals surface area (Å²) in [5, 5.41) is 0. The molecule has 1 fully saturated rings. The minimum Gasteiger partial charge on any atom is -0.397 e. The second-order valence-electron chi connectivity index (χ2n) is 7.88. The highest BCUT2D eigenvalue weighted by Gasteiger charge is 2.22. The first-order chi connectivity index (χ1) is 14.9. The number of hydrogen-bond donors (Lipinski definition) is 2. The van der Waals surface area contributed by atoms with Crippen LogP contribution in [0.25, 0.3) is 11.4 Å². The quantitative estimate of drug-likeness (QED) is 0.611. The highest BCUT2D eigenvalue weighted by molar-refractivity contribution is 6.01. The van der Waals surface area contributed by atoms with Crippen LogP contribution >= 0.6 is 0 Å². The molecule has 0 radical (unpaired) electrons. The number of hydrogen-bond acceptors (Lipinski definition) is 7. The summed E-state index contributed by atoms with van der Waals surface area (Å²) >= 11 is 0. The van der Waals surface area contributed by atoms with Crippen LogP contribution in [0.5, 0.6) is 0 Å². The lowest BCUT2D eigenvalue weighted by atomic mass is 10.0. The van der Waals surface area contributed by atoms with Crippen LogP contribution in [0.4, 0.5) is 15.8 Å². The lowest BCUT2D eigenvalue weighted by Gasteiger charge is -2.33. The summed E-state index contributed by atoms with van der Waals surface area (Å²) in [6, 6.07) is 6.73. The minimum atomic E-state index is -0.464. The van der Waals surface area contributed by atoms with Gasteiger partial charge in [0.05, 0.1) is 11.4 Å². The average Bonchev–Trinajstić information content (AvgIpc) is 2.76. The molecule has 0 spiro atoms. The third-order valence-electron chi connectivity index (χ3n) is 5.54. The molecule has 8 heteroatoms. The molecule has 1 aliphatic heterocycles. The van der Waals surface area contributed by atoms with Gasteiger partial charge in [0, 0.05) is 55.4 Å². The van der Waals surface area contributed by atoms with Gasteiger partial charge in [-0.2, -0.15) is 0 Å². The Balaban J connectivity index is 1.64. The largest absolute Gasteiger partial charge is 0.397 e. The molecule has 160 valence electrons. The Hall–Kier alpha value is -3.39. The van der Waals surface area contributed by atoms with E-state index in [1.165, 1.54) is 6.20 Å². The van der Waals surface area contributed by atoms with Crippen molar-refractivity contribution in [2.45, 2.75) is 32.2 Å². The van der Waals surface area contributed by atoms with Crippen LogP contribution in [0.2, 0.25) is 0 Å². The number of anilines is 2. The number of pyridine rings is 3. The fourth-order valence-electron chi connectivity index (χ4n) is 3.89. The number of rotatable bonds is 5. The third-order valence-corrected chi connectivity index (χ3v) is 5.54. The van der Waals surface area contributed by atoms with Crippen molar-refractivity contribution in [3.8, 4) is 11.4 Å². The molecule has 3 aromatic rings. The molecule has 1 atom stereocenters. The molecular formula is C23H25FN6O. The molecule has 7 nitrogen and oxygen atoms in total. The summed E-state index contributed by atoms with van der Waals surface area (Å²) in [6.07, 6.45) is 6.99. The van der Waals surface area contributed by atoms with Gasteiger partial charge in [-0.3, -0.25) is 14.8 Å². The van der Waals surface area contributed by atoms with Gasteiger partial charge in [0.1, 0.15) is 11.4 Å². The Bertz CT molecular complexity index is 1120. The smallest absolute Gasteiger partial charge is 0.187 e. The zero-order chi connectivity index (χ0) is 22.0. The number of nitrogens with zero attached hydrogens (tertiary/aromatic N) is 4. The molecule has 0 unspecified atom stereocenters. The molecule has 0 amide bonds. The van der Waals surface area contributed by atoms with Gasteiger partial charge in [-0.1, -0.05) is 0 Å². The lowest BCUT2D eigenvalue weighted by molar-refractivity contribution is 0.0989. The van der Waals surface area contributed by atoms with E-state index >= 15 is 0 Å². The number of Topliss-reactive ketones (excluding diaryl/α,β-unsaturated/α-hetero) is 1. The number of nitrogen functional groups attached to an aromatic ring is 1. The van der Waals surface area contributed by atoms with Crippen LogP contribution in [-0.2, 0) is 6.42 Å². The molecule has 0 bridgehead atoms. The van der Waals surface area contributed by atoms with Crippen molar-refractivity contribution in [2.24, 2.45) is 5.73 Å². The van der Waals surface area contributed by atoms with E-state index in [2.05, 4.69) is 19.9 Å². The van der Waals surface area contributed by atoms with E-state index in [0.717, 1.165) is 37.2 Å². The van der Waals surface area contributed by atoms with Crippen molar-refractivity contribution in [3.63, 3.8) is 0 Å². The van der Waals surface area contributed by atoms with Crippen molar-refractivity contribution < 1.29 is 9.18 Å². The predicted molar refractivity (Wildman–Crippen MR) is 118 cm³/mol. The molecule has 4 N–H and O–H groups in total. The van der Waals surface area contributed by atoms with Gasteiger partial charge >= 0.3 is 0 Å². The second kappa shape index (κ2) is 8.77. The average molecular weight is 420 g/mol. The van der Waals surface area contributed by atoms with Crippen LogP contribution < -0.4 is 16.4 Å². The maximum Gasteiger partial charge on any atom is 0.187 e. The molecule has 31 heavy (non-hydrogen) atoms. The highest BCUT2D eigenvalue weighted by atomic mass is 19.1. The number of carbonyl (C=O) groups excluding carboxylic acids is 1. The molecular weight excluding hydrogens is 395 g/mol. The van der Waals surface area contributed by atoms with E-state index in [0.29, 0.717) is 5.56 Å². The first kappa shape index (κ1) is 20.9. The molecule has 0 aliphatic carbocycles. The highest BCUT2D eigenvalue weighted by Crippen LogP contribution is 2.27. The summed E-state index contributed by atoms with van der Waals surface area (Å²) in [5.74, 6) is -0.725. The van der Waals surface area contributed by atoms with Gasteiger partial charge in [-0.25, -0.2) is 9.37 Å². The molecule has 1 aliphatic rings. The van der Waals surface area contributed by atoms with Crippen molar-refractivity contribution in [2.75, 3.05) is 23.7 Å². The Morgan fingerprint density at radius 1 is 1.26 bits per heavy atom. The van der Waals surface area contributed by atoms with Crippen LogP contribution in [0, 0.1) is 12.7 Å². The number of aromatic nitrogens is 3. The zero-order valence-electron chi connectivity index (χ0n) is 17.4. The number of carbonyl (C=O) groups is 1. The van der Waals surface area contributed by atoms with Crippen molar-refractivity contribution in [3.05, 3.63) is 65.5 Å². The van der Waals surface area contributed by atoms with E-state index in [-0.39, 0.29) is 41.0 Å². The first-order valence-electron chi connectivity index (χ1n) is 10.3. The Labute approximate surface area is 180 Å². The van der Waals surface area contributed by atoms with Crippen molar-refractivity contribution in [1.29, 1.82) is 0 Å². The van der Waals surface area contributed by atoms with Crippen LogP contribution in [-0.4, -0.2) is 39.9 Å². The standard InChI is InChI=1S/C23H25FN6O/c1-14-6-9-28-23(21(14)24)18-5-4-17(26)22(29-18)20(31)11-15-12-27-8-7-19(15)30-10-2-3-16(25)13-30/h4-9,12,16H,2-3,10-11,13,25-26H2,1H3/t16-/m0/s1. The minimum absolute atomic E-state index is 0.0826. The maximum atomic E-state index is 14.5. The SMILES string of the molecule is Cc1ccnc(-c2ccc(N)c(C(=O)Cc3cnccc3N3CCC[C@H](N)C3)n2)c1F. The van der Waals surface area contributed by atoms with Crippen molar-refractivity contribution >= 4 is 17.2 Å².